The van der Waals surface area contributed by atoms with Gasteiger partial charge in [-0.3, -0.25) is 0 Å². The average Bonchev–Trinajstić information content (AvgIpc) is 2.61. The Morgan fingerprint density at radius 1 is 0.500 bits per heavy atom. The van der Waals surface area contributed by atoms with Crippen LogP contribution in [0, 0.1) is 0 Å². The molecule has 0 unspecified atom stereocenters. The first-order valence-electron chi connectivity index (χ1n) is 9.87. The number of nitrogen functional groups attached to an aromatic ring is 2. The minimum absolute atomic E-state index is 0.0875. The first-order chi connectivity index (χ1) is 13.0. The van der Waals surface area contributed by atoms with Crippen LogP contribution in [0.15, 0.2) is 60.7 Å². The lowest BCUT2D eigenvalue weighted by Gasteiger charge is -2.21. The Balaban J connectivity index is 2.02. The first kappa shape index (κ1) is 20.0. The molecule has 0 aliphatic heterocycles. The van der Waals surface area contributed by atoms with Crippen LogP contribution in [0.5, 0.6) is 0 Å². The zero-order valence-corrected chi connectivity index (χ0v) is 17.9. The topological polar surface area (TPSA) is 52.0 Å². The van der Waals surface area contributed by atoms with Crippen molar-refractivity contribution >= 4 is 11.4 Å². The maximum absolute atomic E-state index is 6.29. The highest BCUT2D eigenvalue weighted by molar-refractivity contribution is 5.82. The third kappa shape index (κ3) is 4.06. The van der Waals surface area contributed by atoms with Crippen molar-refractivity contribution in [2.24, 2.45) is 0 Å². The van der Waals surface area contributed by atoms with Crippen LogP contribution in [0.25, 0.3) is 22.3 Å². The maximum Gasteiger partial charge on any atom is 0.0393 e. The second kappa shape index (κ2) is 7.01. The molecule has 146 valence electrons. The van der Waals surface area contributed by atoms with Crippen molar-refractivity contribution in [3.8, 4) is 22.3 Å². The zero-order valence-electron chi connectivity index (χ0n) is 17.9. The van der Waals surface area contributed by atoms with Gasteiger partial charge in [-0.25, -0.2) is 0 Å². The molecule has 0 spiro atoms. The summed E-state index contributed by atoms with van der Waals surface area (Å²) < 4.78 is 0. The summed E-state index contributed by atoms with van der Waals surface area (Å²) in [4.78, 5) is 0. The largest absolute Gasteiger partial charge is 0.398 e. The van der Waals surface area contributed by atoms with E-state index in [-0.39, 0.29) is 10.8 Å². The zero-order chi connectivity index (χ0) is 20.7. The molecule has 4 N–H and O–H groups in total. The number of hydrogen-bond donors (Lipinski definition) is 2. The summed E-state index contributed by atoms with van der Waals surface area (Å²) in [7, 11) is 0. The van der Waals surface area contributed by atoms with Gasteiger partial charge in [-0.05, 0) is 57.3 Å². The minimum atomic E-state index is 0.0875. The molecule has 0 atom stereocenters. The van der Waals surface area contributed by atoms with Gasteiger partial charge >= 0.3 is 0 Å². The lowest BCUT2D eigenvalue weighted by Crippen LogP contribution is -2.11. The van der Waals surface area contributed by atoms with E-state index in [1.165, 1.54) is 11.1 Å². The highest BCUT2D eigenvalue weighted by atomic mass is 14.6. The molecule has 0 amide bonds. The fourth-order valence-electron chi connectivity index (χ4n) is 3.37. The second-order valence-corrected chi connectivity index (χ2v) is 9.68. The quantitative estimate of drug-likeness (QED) is 0.487. The van der Waals surface area contributed by atoms with E-state index in [9.17, 15) is 0 Å². The van der Waals surface area contributed by atoms with Crippen LogP contribution in [0.4, 0.5) is 11.4 Å². The SMILES string of the molecule is CC(C)(C)c1ccc(N)c(-c2ccc(-c3cc(C(C)(C)C)ccc3N)cc2)c1. The van der Waals surface area contributed by atoms with Crippen molar-refractivity contribution in [1.82, 2.24) is 0 Å². The van der Waals surface area contributed by atoms with Crippen LogP contribution in [0.3, 0.4) is 0 Å². The fourth-order valence-corrected chi connectivity index (χ4v) is 3.37. The maximum atomic E-state index is 6.29. The Kier molecular flexibility index (Phi) is 5.01. The van der Waals surface area contributed by atoms with E-state index >= 15 is 0 Å². The molecular weight excluding hydrogens is 340 g/mol. The van der Waals surface area contributed by atoms with Gasteiger partial charge in [0.2, 0.25) is 0 Å². The summed E-state index contributed by atoms with van der Waals surface area (Å²) in [6, 6.07) is 21.2. The van der Waals surface area contributed by atoms with E-state index in [0.29, 0.717) is 0 Å². The van der Waals surface area contributed by atoms with Gasteiger partial charge in [-0.1, -0.05) is 77.9 Å². The number of anilines is 2. The third-order valence-corrected chi connectivity index (χ3v) is 5.35. The van der Waals surface area contributed by atoms with Crippen molar-refractivity contribution in [3.05, 3.63) is 71.8 Å². The lowest BCUT2D eigenvalue weighted by molar-refractivity contribution is 0.590. The first-order valence-corrected chi connectivity index (χ1v) is 9.87. The van der Waals surface area contributed by atoms with Crippen LogP contribution in [0.1, 0.15) is 52.7 Å². The lowest BCUT2D eigenvalue weighted by atomic mass is 9.84. The Labute approximate surface area is 169 Å². The normalized spacial score (nSPS) is 12.2. The summed E-state index contributed by atoms with van der Waals surface area (Å²) in [5.74, 6) is 0. The Bertz CT molecular complexity index is 902. The smallest absolute Gasteiger partial charge is 0.0393 e. The molecule has 0 fully saturated rings. The van der Waals surface area contributed by atoms with Gasteiger partial charge in [0.25, 0.3) is 0 Å². The van der Waals surface area contributed by atoms with Gasteiger partial charge < -0.3 is 11.5 Å². The number of rotatable bonds is 2. The summed E-state index contributed by atoms with van der Waals surface area (Å²) in [6.45, 7) is 13.3. The predicted octanol–water partition coefficient (Wildman–Crippen LogP) is 6.78. The van der Waals surface area contributed by atoms with Crippen molar-refractivity contribution in [1.29, 1.82) is 0 Å². The molecule has 0 heterocycles. The predicted molar refractivity (Wildman–Crippen MR) is 124 cm³/mol. The molecule has 3 aromatic rings. The molecule has 0 saturated heterocycles. The Morgan fingerprint density at radius 2 is 0.821 bits per heavy atom. The van der Waals surface area contributed by atoms with E-state index in [2.05, 4.69) is 90.1 Å². The van der Waals surface area contributed by atoms with E-state index in [1.54, 1.807) is 0 Å². The third-order valence-electron chi connectivity index (χ3n) is 5.35. The van der Waals surface area contributed by atoms with Gasteiger partial charge in [0.15, 0.2) is 0 Å². The van der Waals surface area contributed by atoms with Gasteiger partial charge in [0.1, 0.15) is 0 Å². The molecule has 3 aromatic carbocycles. The molecule has 0 aliphatic rings. The Hall–Kier alpha value is -2.74. The van der Waals surface area contributed by atoms with Gasteiger partial charge in [-0.2, -0.15) is 0 Å². The summed E-state index contributed by atoms with van der Waals surface area (Å²) >= 11 is 0. The number of hydrogen-bond acceptors (Lipinski definition) is 2. The van der Waals surface area contributed by atoms with Gasteiger partial charge in [0, 0.05) is 22.5 Å². The van der Waals surface area contributed by atoms with E-state index in [4.69, 9.17) is 11.5 Å². The van der Waals surface area contributed by atoms with Crippen LogP contribution >= 0.6 is 0 Å². The van der Waals surface area contributed by atoms with Crippen molar-refractivity contribution in [2.75, 3.05) is 11.5 Å². The van der Waals surface area contributed by atoms with E-state index in [1.807, 2.05) is 12.1 Å². The molecule has 0 aromatic heterocycles. The fraction of sp³-hybridized carbons (Fsp3) is 0.308. The van der Waals surface area contributed by atoms with Gasteiger partial charge in [-0.15, -0.1) is 0 Å². The van der Waals surface area contributed by atoms with Crippen LogP contribution < -0.4 is 11.5 Å². The summed E-state index contributed by atoms with van der Waals surface area (Å²) in [6.07, 6.45) is 0. The highest BCUT2D eigenvalue weighted by Crippen LogP contribution is 2.35. The van der Waals surface area contributed by atoms with E-state index < -0.39 is 0 Å². The molecule has 0 bridgehead atoms. The van der Waals surface area contributed by atoms with Crippen molar-refractivity contribution in [3.63, 3.8) is 0 Å². The highest BCUT2D eigenvalue weighted by Gasteiger charge is 2.17. The van der Waals surface area contributed by atoms with Crippen molar-refractivity contribution < 1.29 is 0 Å². The molecule has 0 radical (unpaired) electrons. The summed E-state index contributed by atoms with van der Waals surface area (Å²) in [5, 5.41) is 0. The summed E-state index contributed by atoms with van der Waals surface area (Å²) in [5.41, 5.74) is 21.3. The molecule has 2 nitrogen and oxygen atoms in total. The number of benzene rings is 3. The molecule has 28 heavy (non-hydrogen) atoms. The van der Waals surface area contributed by atoms with Crippen molar-refractivity contribution in [2.45, 2.75) is 52.4 Å². The minimum Gasteiger partial charge on any atom is -0.398 e. The van der Waals surface area contributed by atoms with Crippen LogP contribution in [-0.2, 0) is 10.8 Å². The molecular formula is C26H32N2. The molecule has 0 aliphatic carbocycles. The van der Waals surface area contributed by atoms with Gasteiger partial charge in [0.05, 0.1) is 0 Å². The molecule has 2 heteroatoms. The second-order valence-electron chi connectivity index (χ2n) is 9.68. The monoisotopic (exact) mass is 372 g/mol. The standard InChI is InChI=1S/C26H32N2/c1-25(2,3)19-11-13-23(27)21(15-19)17-7-9-18(10-8-17)22-16-20(26(4,5)6)12-14-24(22)28/h7-16H,27-28H2,1-6H3. The van der Waals surface area contributed by atoms with Crippen LogP contribution in [-0.4, -0.2) is 0 Å². The Morgan fingerprint density at radius 3 is 1.11 bits per heavy atom. The van der Waals surface area contributed by atoms with Crippen LogP contribution in [0.2, 0.25) is 0 Å². The van der Waals surface area contributed by atoms with E-state index in [0.717, 1.165) is 33.6 Å². The number of nitrogens with two attached hydrogens (primary N) is 2. The average molecular weight is 373 g/mol. The molecule has 0 saturated carbocycles. The molecule has 3 rings (SSSR count).